The summed E-state index contributed by atoms with van der Waals surface area (Å²) in [5, 5.41) is 12.7. The van der Waals surface area contributed by atoms with Gasteiger partial charge in [-0.3, -0.25) is 14.2 Å². The van der Waals surface area contributed by atoms with Gasteiger partial charge in [0.05, 0.1) is 16.2 Å². The molecule has 0 aliphatic heterocycles. The van der Waals surface area contributed by atoms with Crippen LogP contribution in [-0.2, 0) is 22.6 Å². The third-order valence-electron chi connectivity index (χ3n) is 4.90. The SMILES string of the molecule is Cc1c(O)cc(C(=O)NCc2ccc(S(C)(=O)=O)cc2)c(=O)n1-c1cccc(C(F)(F)F)c1. The molecule has 1 aromatic heterocycles. The van der Waals surface area contributed by atoms with E-state index in [1.807, 2.05) is 0 Å². The van der Waals surface area contributed by atoms with E-state index < -0.39 is 44.4 Å². The van der Waals surface area contributed by atoms with Gasteiger partial charge in [0.1, 0.15) is 11.3 Å². The first-order chi connectivity index (χ1) is 15.3. The van der Waals surface area contributed by atoms with Crippen molar-refractivity contribution in [3.8, 4) is 11.4 Å². The number of benzene rings is 2. The number of amides is 1. The van der Waals surface area contributed by atoms with E-state index in [1.165, 1.54) is 37.3 Å². The van der Waals surface area contributed by atoms with Crippen molar-refractivity contribution in [2.45, 2.75) is 24.5 Å². The predicted molar refractivity (Wildman–Crippen MR) is 114 cm³/mol. The molecule has 7 nitrogen and oxygen atoms in total. The van der Waals surface area contributed by atoms with Crippen molar-refractivity contribution in [3.05, 3.63) is 87.3 Å². The maximum Gasteiger partial charge on any atom is 0.416 e. The van der Waals surface area contributed by atoms with E-state index in [9.17, 15) is 36.3 Å². The first-order valence-corrected chi connectivity index (χ1v) is 11.4. The summed E-state index contributed by atoms with van der Waals surface area (Å²) >= 11 is 0. The third kappa shape index (κ3) is 5.25. The molecule has 0 aliphatic carbocycles. The lowest BCUT2D eigenvalue weighted by molar-refractivity contribution is -0.137. The molecule has 0 bridgehead atoms. The molecule has 2 aromatic carbocycles. The molecule has 1 amide bonds. The summed E-state index contributed by atoms with van der Waals surface area (Å²) in [6.07, 6.45) is -3.58. The molecule has 11 heteroatoms. The van der Waals surface area contributed by atoms with E-state index in [0.717, 1.165) is 35.1 Å². The number of pyridine rings is 1. The lowest BCUT2D eigenvalue weighted by Crippen LogP contribution is -2.33. The molecule has 0 spiro atoms. The molecule has 174 valence electrons. The van der Waals surface area contributed by atoms with Gasteiger partial charge in [-0.05, 0) is 42.8 Å². The second-order valence-electron chi connectivity index (χ2n) is 7.32. The number of aromatic hydroxyl groups is 1. The summed E-state index contributed by atoms with van der Waals surface area (Å²) in [7, 11) is -3.38. The number of alkyl halides is 3. The minimum absolute atomic E-state index is 0.0350. The number of hydrogen-bond acceptors (Lipinski definition) is 5. The molecule has 1 heterocycles. The molecule has 0 saturated carbocycles. The second kappa shape index (κ2) is 8.74. The fraction of sp³-hybridized carbons (Fsp3) is 0.182. The zero-order chi connectivity index (χ0) is 24.6. The van der Waals surface area contributed by atoms with Crippen LogP contribution in [0.15, 0.2) is 64.3 Å². The van der Waals surface area contributed by atoms with Gasteiger partial charge < -0.3 is 10.4 Å². The van der Waals surface area contributed by atoms with Crippen LogP contribution in [0.2, 0.25) is 0 Å². The van der Waals surface area contributed by atoms with Gasteiger partial charge in [0.2, 0.25) is 0 Å². The molecule has 0 saturated heterocycles. The molecule has 0 fully saturated rings. The minimum atomic E-state index is -4.64. The van der Waals surface area contributed by atoms with Crippen LogP contribution in [-0.4, -0.2) is 30.3 Å². The summed E-state index contributed by atoms with van der Waals surface area (Å²) in [5.74, 6) is -1.31. The molecular formula is C22H19F3N2O5S. The fourth-order valence-electron chi connectivity index (χ4n) is 3.12. The second-order valence-corrected chi connectivity index (χ2v) is 9.33. The molecule has 0 unspecified atom stereocenters. The average molecular weight is 480 g/mol. The monoisotopic (exact) mass is 480 g/mol. The van der Waals surface area contributed by atoms with Gasteiger partial charge in [0, 0.05) is 24.6 Å². The van der Waals surface area contributed by atoms with Crippen LogP contribution in [0.1, 0.15) is 27.2 Å². The van der Waals surface area contributed by atoms with Crippen molar-refractivity contribution in [3.63, 3.8) is 0 Å². The van der Waals surface area contributed by atoms with Crippen LogP contribution in [0.3, 0.4) is 0 Å². The van der Waals surface area contributed by atoms with Crippen molar-refractivity contribution in [1.82, 2.24) is 9.88 Å². The normalized spacial score (nSPS) is 11.9. The lowest BCUT2D eigenvalue weighted by Gasteiger charge is -2.15. The maximum absolute atomic E-state index is 13.1. The van der Waals surface area contributed by atoms with Gasteiger partial charge in [-0.1, -0.05) is 18.2 Å². The number of nitrogens with one attached hydrogen (secondary N) is 1. The van der Waals surface area contributed by atoms with Crippen LogP contribution in [0.5, 0.6) is 5.75 Å². The Balaban J connectivity index is 1.93. The summed E-state index contributed by atoms with van der Waals surface area (Å²) in [6.45, 7) is 1.28. The number of halogens is 3. The highest BCUT2D eigenvalue weighted by atomic mass is 32.2. The van der Waals surface area contributed by atoms with Crippen LogP contribution >= 0.6 is 0 Å². The topological polar surface area (TPSA) is 105 Å². The average Bonchev–Trinajstić information content (AvgIpc) is 2.74. The molecule has 3 rings (SSSR count). The van der Waals surface area contributed by atoms with Gasteiger partial charge >= 0.3 is 6.18 Å². The molecule has 0 radical (unpaired) electrons. The van der Waals surface area contributed by atoms with Crippen LogP contribution in [0.4, 0.5) is 13.2 Å². The first kappa shape index (κ1) is 24.1. The summed E-state index contributed by atoms with van der Waals surface area (Å²) in [4.78, 5) is 25.7. The highest BCUT2D eigenvalue weighted by Gasteiger charge is 2.31. The number of rotatable bonds is 5. The zero-order valence-electron chi connectivity index (χ0n) is 17.5. The van der Waals surface area contributed by atoms with Crippen molar-refractivity contribution in [2.24, 2.45) is 0 Å². The zero-order valence-corrected chi connectivity index (χ0v) is 18.3. The summed E-state index contributed by atoms with van der Waals surface area (Å²) in [6, 6.07) is 10.6. The molecule has 33 heavy (non-hydrogen) atoms. The van der Waals surface area contributed by atoms with Crippen molar-refractivity contribution in [1.29, 1.82) is 0 Å². The van der Waals surface area contributed by atoms with Gasteiger partial charge in [-0.2, -0.15) is 13.2 Å². The van der Waals surface area contributed by atoms with E-state index in [0.29, 0.717) is 5.56 Å². The van der Waals surface area contributed by atoms with E-state index >= 15 is 0 Å². The molecule has 2 N–H and O–H groups in total. The van der Waals surface area contributed by atoms with E-state index in [4.69, 9.17) is 0 Å². The number of nitrogens with zero attached hydrogens (tertiary/aromatic N) is 1. The Morgan fingerprint density at radius 2 is 1.73 bits per heavy atom. The first-order valence-electron chi connectivity index (χ1n) is 9.49. The fourth-order valence-corrected chi connectivity index (χ4v) is 3.75. The molecule has 3 aromatic rings. The predicted octanol–water partition coefficient (Wildman–Crippen LogP) is 3.20. The standard InChI is InChI=1S/C22H19F3N2O5S/c1-13-19(28)11-18(20(29)26-12-14-6-8-17(9-7-14)33(2,31)32)21(30)27(13)16-5-3-4-15(10-16)22(23,24)25/h3-11,28H,12H2,1-2H3,(H,26,29). The maximum atomic E-state index is 13.1. The Labute approximate surface area is 187 Å². The Morgan fingerprint density at radius 1 is 1.09 bits per heavy atom. The lowest BCUT2D eigenvalue weighted by atomic mass is 10.1. The van der Waals surface area contributed by atoms with E-state index in [2.05, 4.69) is 5.32 Å². The van der Waals surface area contributed by atoms with Crippen molar-refractivity contribution in [2.75, 3.05) is 6.26 Å². The largest absolute Gasteiger partial charge is 0.506 e. The van der Waals surface area contributed by atoms with Crippen LogP contribution < -0.4 is 10.9 Å². The van der Waals surface area contributed by atoms with Crippen molar-refractivity contribution < 1.29 is 31.5 Å². The highest BCUT2D eigenvalue weighted by molar-refractivity contribution is 7.90. The Kier molecular flexibility index (Phi) is 6.37. The molecule has 0 aliphatic rings. The Bertz CT molecular complexity index is 1380. The summed E-state index contributed by atoms with van der Waals surface area (Å²) in [5.41, 5.74) is -2.01. The van der Waals surface area contributed by atoms with Crippen molar-refractivity contribution >= 4 is 15.7 Å². The van der Waals surface area contributed by atoms with Gasteiger partial charge in [-0.15, -0.1) is 0 Å². The van der Waals surface area contributed by atoms with Crippen LogP contribution in [0.25, 0.3) is 5.69 Å². The number of aromatic nitrogens is 1. The number of hydrogen-bond donors (Lipinski definition) is 2. The third-order valence-corrected chi connectivity index (χ3v) is 6.03. The quantitative estimate of drug-likeness (QED) is 0.584. The highest BCUT2D eigenvalue weighted by Crippen LogP contribution is 2.30. The number of carbonyl (C=O) groups excluding carboxylic acids is 1. The molecular weight excluding hydrogens is 461 g/mol. The molecule has 0 atom stereocenters. The smallest absolute Gasteiger partial charge is 0.416 e. The van der Waals surface area contributed by atoms with Gasteiger partial charge in [0.15, 0.2) is 9.84 Å². The van der Waals surface area contributed by atoms with Gasteiger partial charge in [-0.25, -0.2) is 8.42 Å². The van der Waals surface area contributed by atoms with E-state index in [1.54, 1.807) is 0 Å². The summed E-state index contributed by atoms with van der Waals surface area (Å²) < 4.78 is 63.1. The number of sulfone groups is 1. The van der Waals surface area contributed by atoms with E-state index in [-0.39, 0.29) is 22.8 Å². The van der Waals surface area contributed by atoms with Crippen LogP contribution in [0, 0.1) is 6.92 Å². The minimum Gasteiger partial charge on any atom is -0.506 e. The Morgan fingerprint density at radius 3 is 2.30 bits per heavy atom. The number of carbonyl (C=O) groups is 1. The van der Waals surface area contributed by atoms with Gasteiger partial charge in [0.25, 0.3) is 11.5 Å². The Hall–Kier alpha value is -3.60.